The van der Waals surface area contributed by atoms with Crippen LogP contribution in [-0.2, 0) is 16.6 Å². The second-order valence-corrected chi connectivity index (χ2v) is 6.61. The number of benzene rings is 1. The number of ether oxygens (including phenoxy) is 1. The number of hydrogen-bond acceptors (Lipinski definition) is 4. The average molecular weight is 355 g/mol. The van der Waals surface area contributed by atoms with Crippen LogP contribution in [0.3, 0.4) is 0 Å². The normalized spacial score (nSPS) is 17.8. The van der Waals surface area contributed by atoms with Crippen LogP contribution in [0.4, 0.5) is 5.69 Å². The van der Waals surface area contributed by atoms with Crippen molar-refractivity contribution in [3.05, 3.63) is 59.3 Å². The first kappa shape index (κ1) is 17.5. The molecule has 0 radical (unpaired) electrons. The molecule has 3 rings (SSSR count). The molecule has 1 aliphatic rings. The smallest absolute Gasteiger partial charge is 0.266 e. The Morgan fingerprint density at radius 2 is 2.04 bits per heavy atom. The highest BCUT2D eigenvalue weighted by Crippen LogP contribution is 2.34. The second-order valence-electron chi connectivity index (χ2n) is 5.60. The summed E-state index contributed by atoms with van der Waals surface area (Å²) in [6.45, 7) is 3.57. The van der Waals surface area contributed by atoms with Crippen LogP contribution in [0.25, 0.3) is 6.08 Å². The summed E-state index contributed by atoms with van der Waals surface area (Å²) < 4.78 is 7.38. The van der Waals surface area contributed by atoms with Gasteiger partial charge in [-0.3, -0.25) is 9.69 Å². The Bertz CT molecular complexity index is 796. The maximum Gasteiger partial charge on any atom is 0.266 e. The number of carbonyl (C=O) groups excluding carboxylic acids is 1. The molecule has 6 heteroatoms. The maximum atomic E-state index is 12.8. The monoisotopic (exact) mass is 355 g/mol. The van der Waals surface area contributed by atoms with Gasteiger partial charge in [-0.15, -0.1) is 0 Å². The Kier molecular flexibility index (Phi) is 5.73. The highest BCUT2D eigenvalue weighted by molar-refractivity contribution is 8.18. The lowest BCUT2D eigenvalue weighted by molar-refractivity contribution is -0.122. The quantitative estimate of drug-likeness (QED) is 0.587. The Labute approximate surface area is 152 Å². The van der Waals surface area contributed by atoms with Crippen molar-refractivity contribution in [1.82, 2.24) is 9.47 Å². The van der Waals surface area contributed by atoms with Gasteiger partial charge in [-0.25, -0.2) is 4.99 Å². The number of rotatable bonds is 6. The van der Waals surface area contributed by atoms with E-state index in [1.165, 1.54) is 11.8 Å². The fourth-order valence-corrected chi connectivity index (χ4v) is 3.49. The molecule has 130 valence electrons. The van der Waals surface area contributed by atoms with Crippen LogP contribution in [0.1, 0.15) is 12.5 Å². The first-order chi connectivity index (χ1) is 12.2. The van der Waals surface area contributed by atoms with Gasteiger partial charge in [0.05, 0.1) is 23.7 Å². The number of para-hydroxylation sites is 1. The van der Waals surface area contributed by atoms with Crippen LogP contribution in [0.2, 0.25) is 0 Å². The molecule has 1 aromatic heterocycles. The van der Waals surface area contributed by atoms with Gasteiger partial charge in [-0.1, -0.05) is 18.2 Å². The lowest BCUT2D eigenvalue weighted by atomic mass is 10.3. The van der Waals surface area contributed by atoms with Gasteiger partial charge in [-0.05, 0) is 48.5 Å². The molecule has 1 amide bonds. The van der Waals surface area contributed by atoms with Crippen LogP contribution in [0.15, 0.2) is 58.7 Å². The number of carbonyl (C=O) groups is 1. The van der Waals surface area contributed by atoms with E-state index in [4.69, 9.17) is 4.74 Å². The zero-order valence-corrected chi connectivity index (χ0v) is 15.2. The van der Waals surface area contributed by atoms with Crippen molar-refractivity contribution in [1.29, 1.82) is 0 Å². The van der Waals surface area contributed by atoms with Gasteiger partial charge in [0.15, 0.2) is 5.17 Å². The number of aryl methyl sites for hydroxylation is 1. The number of nitrogens with zero attached hydrogens (tertiary/aromatic N) is 3. The van der Waals surface area contributed by atoms with Crippen molar-refractivity contribution < 1.29 is 9.53 Å². The predicted octanol–water partition coefficient (Wildman–Crippen LogP) is 3.67. The molecular weight excluding hydrogens is 334 g/mol. The molecular formula is C19H21N3O2S. The van der Waals surface area contributed by atoms with Crippen molar-refractivity contribution in [3.63, 3.8) is 0 Å². The molecule has 0 aliphatic carbocycles. The minimum Gasteiger partial charge on any atom is -0.380 e. The fraction of sp³-hybridized carbons (Fsp3) is 0.263. The summed E-state index contributed by atoms with van der Waals surface area (Å²) in [4.78, 5) is 19.8. The standard InChI is InChI=1S/C19H21N3O2S/c1-3-24-12-11-22-18(23)17(13-15-9-10-21(2)14-15)25-19(22)20-16-7-5-4-6-8-16/h4-10,13-14H,3,11-12H2,1-2H3/b17-13+,20-19?. The minimum absolute atomic E-state index is 0.0248. The number of amides is 1. The van der Waals surface area contributed by atoms with Crippen molar-refractivity contribution in [2.24, 2.45) is 12.0 Å². The van der Waals surface area contributed by atoms with Gasteiger partial charge in [0, 0.05) is 26.0 Å². The van der Waals surface area contributed by atoms with E-state index in [0.717, 1.165) is 11.3 Å². The third-order valence-electron chi connectivity index (χ3n) is 3.68. The topological polar surface area (TPSA) is 46.8 Å². The third kappa shape index (κ3) is 4.41. The summed E-state index contributed by atoms with van der Waals surface area (Å²) in [7, 11) is 1.96. The molecule has 5 nitrogen and oxygen atoms in total. The van der Waals surface area contributed by atoms with E-state index < -0.39 is 0 Å². The van der Waals surface area contributed by atoms with Crippen LogP contribution < -0.4 is 0 Å². The van der Waals surface area contributed by atoms with Gasteiger partial charge < -0.3 is 9.30 Å². The van der Waals surface area contributed by atoms with Crippen molar-refractivity contribution in [3.8, 4) is 0 Å². The van der Waals surface area contributed by atoms with Crippen LogP contribution in [-0.4, -0.2) is 40.3 Å². The highest BCUT2D eigenvalue weighted by atomic mass is 32.2. The molecule has 0 N–H and O–H groups in total. The Morgan fingerprint density at radius 3 is 2.72 bits per heavy atom. The SMILES string of the molecule is CCOCCN1C(=O)/C(=C\c2ccn(C)c2)SC1=Nc1ccccc1. The zero-order chi connectivity index (χ0) is 17.6. The van der Waals surface area contributed by atoms with E-state index in [9.17, 15) is 4.79 Å². The lowest BCUT2D eigenvalue weighted by Crippen LogP contribution is -2.32. The summed E-state index contributed by atoms with van der Waals surface area (Å²) in [6, 6.07) is 11.7. The molecule has 0 bridgehead atoms. The summed E-state index contributed by atoms with van der Waals surface area (Å²) in [5.41, 5.74) is 1.84. The van der Waals surface area contributed by atoms with E-state index in [1.54, 1.807) is 4.90 Å². The molecule has 0 unspecified atom stereocenters. The van der Waals surface area contributed by atoms with Crippen LogP contribution >= 0.6 is 11.8 Å². The summed E-state index contributed by atoms with van der Waals surface area (Å²) in [5.74, 6) is -0.0248. The van der Waals surface area contributed by atoms with E-state index >= 15 is 0 Å². The first-order valence-electron chi connectivity index (χ1n) is 8.22. The van der Waals surface area contributed by atoms with E-state index in [2.05, 4.69) is 4.99 Å². The molecule has 25 heavy (non-hydrogen) atoms. The summed E-state index contributed by atoms with van der Waals surface area (Å²) in [6.07, 6.45) is 5.86. The fourth-order valence-electron chi connectivity index (χ4n) is 2.46. The molecule has 1 aliphatic heterocycles. The highest BCUT2D eigenvalue weighted by Gasteiger charge is 2.33. The molecule has 0 saturated carbocycles. The zero-order valence-electron chi connectivity index (χ0n) is 14.4. The largest absolute Gasteiger partial charge is 0.380 e. The Hall–Kier alpha value is -2.31. The predicted molar refractivity (Wildman–Crippen MR) is 103 cm³/mol. The van der Waals surface area contributed by atoms with Gasteiger partial charge >= 0.3 is 0 Å². The van der Waals surface area contributed by atoms with E-state index in [-0.39, 0.29) is 5.91 Å². The van der Waals surface area contributed by atoms with Gasteiger partial charge in [0.25, 0.3) is 5.91 Å². The van der Waals surface area contributed by atoms with Crippen molar-refractivity contribution >= 4 is 34.6 Å². The number of aliphatic imine (C=N–C) groups is 1. The maximum absolute atomic E-state index is 12.8. The number of aromatic nitrogens is 1. The second kappa shape index (κ2) is 8.18. The molecule has 1 aromatic carbocycles. The number of hydrogen-bond donors (Lipinski definition) is 0. The first-order valence-corrected chi connectivity index (χ1v) is 9.04. The van der Waals surface area contributed by atoms with Crippen LogP contribution in [0.5, 0.6) is 0 Å². The molecule has 1 saturated heterocycles. The minimum atomic E-state index is -0.0248. The molecule has 0 spiro atoms. The lowest BCUT2D eigenvalue weighted by Gasteiger charge is -2.15. The number of amidine groups is 1. The summed E-state index contributed by atoms with van der Waals surface area (Å²) in [5, 5.41) is 0.693. The van der Waals surface area contributed by atoms with Crippen molar-refractivity contribution in [2.75, 3.05) is 19.8 Å². The van der Waals surface area contributed by atoms with Crippen LogP contribution in [0, 0.1) is 0 Å². The molecule has 1 fully saturated rings. The number of thioether (sulfide) groups is 1. The van der Waals surface area contributed by atoms with Gasteiger partial charge in [-0.2, -0.15) is 0 Å². The van der Waals surface area contributed by atoms with E-state index in [0.29, 0.717) is 29.8 Å². The van der Waals surface area contributed by atoms with Gasteiger partial charge in [0.1, 0.15) is 0 Å². The third-order valence-corrected chi connectivity index (χ3v) is 4.69. The van der Waals surface area contributed by atoms with Crippen molar-refractivity contribution in [2.45, 2.75) is 6.92 Å². The van der Waals surface area contributed by atoms with E-state index in [1.807, 2.05) is 73.4 Å². The Balaban J connectivity index is 1.87. The summed E-state index contributed by atoms with van der Waals surface area (Å²) >= 11 is 1.41. The molecule has 2 aromatic rings. The van der Waals surface area contributed by atoms with Gasteiger partial charge in [0.2, 0.25) is 0 Å². The molecule has 0 atom stereocenters. The Morgan fingerprint density at radius 1 is 1.24 bits per heavy atom. The average Bonchev–Trinajstić information content (AvgIpc) is 3.14. The molecule has 2 heterocycles.